The molecule has 1 aromatic heterocycles. The Balaban J connectivity index is 2.80. The fourth-order valence-corrected chi connectivity index (χ4v) is 2.28. The van der Waals surface area contributed by atoms with Gasteiger partial charge in [0.1, 0.15) is 6.54 Å². The van der Waals surface area contributed by atoms with Crippen LogP contribution in [0.3, 0.4) is 0 Å². The van der Waals surface area contributed by atoms with Gasteiger partial charge in [0, 0.05) is 17.8 Å². The van der Waals surface area contributed by atoms with E-state index in [0.29, 0.717) is 17.0 Å². The predicted molar refractivity (Wildman–Crippen MR) is 79.0 cm³/mol. The molecule has 1 unspecified atom stereocenters. The van der Waals surface area contributed by atoms with Gasteiger partial charge in [-0.25, -0.2) is 4.79 Å². The molecule has 0 aliphatic carbocycles. The number of alkyl halides is 3. The minimum atomic E-state index is -4.36. The zero-order valence-corrected chi connectivity index (χ0v) is 13.9. The van der Waals surface area contributed by atoms with Crippen molar-refractivity contribution in [2.24, 2.45) is 0 Å². The number of rotatable bonds is 5. The molecule has 1 rings (SSSR count). The van der Waals surface area contributed by atoms with E-state index in [4.69, 9.17) is 0 Å². The quantitative estimate of drug-likeness (QED) is 0.771. The maximum Gasteiger partial charge on any atom is 0.408 e. The SMILES string of the molecule is Cc1nn(CC(F)(F)F)c(C)c1C(C)NC(=O)NCC(C)(C)O. The maximum absolute atomic E-state index is 12.5. The second kappa shape index (κ2) is 6.77. The van der Waals surface area contributed by atoms with Crippen LogP contribution in [0.25, 0.3) is 0 Å². The Kier molecular flexibility index (Phi) is 5.68. The highest BCUT2D eigenvalue weighted by atomic mass is 19.4. The lowest BCUT2D eigenvalue weighted by molar-refractivity contribution is -0.143. The van der Waals surface area contributed by atoms with Gasteiger partial charge in [0.05, 0.1) is 17.3 Å². The molecule has 132 valence electrons. The fourth-order valence-electron chi connectivity index (χ4n) is 2.28. The predicted octanol–water partition coefficient (Wildman–Crippen LogP) is 2.19. The summed E-state index contributed by atoms with van der Waals surface area (Å²) in [5.74, 6) is 0. The molecule has 1 heterocycles. The third kappa shape index (κ3) is 6.09. The zero-order valence-electron chi connectivity index (χ0n) is 13.9. The minimum Gasteiger partial charge on any atom is -0.389 e. The number of amides is 2. The van der Waals surface area contributed by atoms with E-state index in [2.05, 4.69) is 15.7 Å². The van der Waals surface area contributed by atoms with Crippen LogP contribution in [0.4, 0.5) is 18.0 Å². The summed E-state index contributed by atoms with van der Waals surface area (Å²) in [4.78, 5) is 11.8. The molecule has 1 aromatic rings. The molecule has 0 radical (unpaired) electrons. The first-order valence-electron chi connectivity index (χ1n) is 7.17. The summed E-state index contributed by atoms with van der Waals surface area (Å²) in [6, 6.07) is -1.03. The van der Waals surface area contributed by atoms with Gasteiger partial charge in [0.15, 0.2) is 0 Å². The van der Waals surface area contributed by atoms with Gasteiger partial charge < -0.3 is 15.7 Å². The Hall–Kier alpha value is -1.77. The standard InChI is InChI=1S/C14H23F3N4O2/c1-8(19-12(22)18-6-13(4,5)23)11-9(2)20-21(10(11)3)7-14(15,16)17/h8,23H,6-7H2,1-5H3,(H2,18,19,22). The third-order valence-electron chi connectivity index (χ3n) is 3.23. The monoisotopic (exact) mass is 336 g/mol. The molecule has 0 fully saturated rings. The molecule has 0 saturated heterocycles. The van der Waals surface area contributed by atoms with Crippen LogP contribution in [-0.4, -0.2) is 39.2 Å². The van der Waals surface area contributed by atoms with Gasteiger partial charge in [-0.2, -0.15) is 18.3 Å². The average molecular weight is 336 g/mol. The normalized spacial score (nSPS) is 13.8. The summed E-state index contributed by atoms with van der Waals surface area (Å²) in [6.07, 6.45) is -4.36. The third-order valence-corrected chi connectivity index (χ3v) is 3.23. The van der Waals surface area contributed by atoms with Crippen molar-refractivity contribution in [3.8, 4) is 0 Å². The lowest BCUT2D eigenvalue weighted by Gasteiger charge is -2.20. The van der Waals surface area contributed by atoms with Crippen LogP contribution in [0.15, 0.2) is 0 Å². The number of aryl methyl sites for hydroxylation is 1. The van der Waals surface area contributed by atoms with E-state index >= 15 is 0 Å². The smallest absolute Gasteiger partial charge is 0.389 e. The maximum atomic E-state index is 12.5. The van der Waals surface area contributed by atoms with Crippen LogP contribution in [-0.2, 0) is 6.54 Å². The highest BCUT2D eigenvalue weighted by molar-refractivity contribution is 5.74. The van der Waals surface area contributed by atoms with Gasteiger partial charge >= 0.3 is 12.2 Å². The van der Waals surface area contributed by atoms with E-state index in [-0.39, 0.29) is 6.54 Å². The number of nitrogens with one attached hydrogen (secondary N) is 2. The molecule has 23 heavy (non-hydrogen) atoms. The summed E-state index contributed by atoms with van der Waals surface area (Å²) in [7, 11) is 0. The zero-order chi connectivity index (χ0) is 18.0. The number of nitrogens with zero attached hydrogens (tertiary/aromatic N) is 2. The van der Waals surface area contributed by atoms with Crippen molar-refractivity contribution in [2.75, 3.05) is 6.54 Å². The van der Waals surface area contributed by atoms with Crippen molar-refractivity contribution in [3.63, 3.8) is 0 Å². The number of carbonyl (C=O) groups excluding carboxylic acids is 1. The van der Waals surface area contributed by atoms with Crippen molar-refractivity contribution < 1.29 is 23.1 Å². The van der Waals surface area contributed by atoms with Crippen molar-refractivity contribution in [2.45, 2.75) is 59.0 Å². The lowest BCUT2D eigenvalue weighted by Crippen LogP contribution is -2.44. The summed E-state index contributed by atoms with van der Waals surface area (Å²) in [5, 5.41) is 18.6. The fraction of sp³-hybridized carbons (Fsp3) is 0.714. The lowest BCUT2D eigenvalue weighted by atomic mass is 10.1. The van der Waals surface area contributed by atoms with Gasteiger partial charge in [-0.1, -0.05) is 0 Å². The Bertz CT molecular complexity index is 562. The number of halogens is 3. The molecule has 0 saturated carbocycles. The molecular weight excluding hydrogens is 313 g/mol. The molecule has 9 heteroatoms. The second-order valence-corrected chi connectivity index (χ2v) is 6.22. The van der Waals surface area contributed by atoms with E-state index in [1.807, 2.05) is 0 Å². The summed E-state index contributed by atoms with van der Waals surface area (Å²) in [5.41, 5.74) is 0.286. The van der Waals surface area contributed by atoms with Crippen molar-refractivity contribution in [1.29, 1.82) is 0 Å². The van der Waals surface area contributed by atoms with Crippen LogP contribution in [0, 0.1) is 13.8 Å². The largest absolute Gasteiger partial charge is 0.408 e. The topological polar surface area (TPSA) is 79.2 Å². The van der Waals surface area contributed by atoms with Crippen molar-refractivity contribution in [3.05, 3.63) is 17.0 Å². The first-order chi connectivity index (χ1) is 10.3. The van der Waals surface area contributed by atoms with Crippen LogP contribution in [0.1, 0.15) is 43.8 Å². The van der Waals surface area contributed by atoms with Gasteiger partial charge in [-0.3, -0.25) is 4.68 Å². The van der Waals surface area contributed by atoms with E-state index < -0.39 is 30.4 Å². The van der Waals surface area contributed by atoms with Gasteiger partial charge in [0.25, 0.3) is 0 Å². The van der Waals surface area contributed by atoms with Crippen LogP contribution in [0.5, 0.6) is 0 Å². The highest BCUT2D eigenvalue weighted by Crippen LogP contribution is 2.24. The number of hydrogen-bond donors (Lipinski definition) is 3. The van der Waals surface area contributed by atoms with E-state index in [1.54, 1.807) is 27.7 Å². The van der Waals surface area contributed by atoms with Crippen LogP contribution in [0.2, 0.25) is 0 Å². The molecular formula is C14H23F3N4O2. The Morgan fingerprint density at radius 3 is 2.39 bits per heavy atom. The van der Waals surface area contributed by atoms with Crippen molar-refractivity contribution in [1.82, 2.24) is 20.4 Å². The average Bonchev–Trinajstić information content (AvgIpc) is 2.58. The second-order valence-electron chi connectivity index (χ2n) is 6.22. The number of aromatic nitrogens is 2. The molecule has 0 bridgehead atoms. The Labute approximate surface area is 133 Å². The molecule has 3 N–H and O–H groups in total. The number of urea groups is 1. The molecule has 0 aliphatic heterocycles. The van der Waals surface area contributed by atoms with E-state index in [0.717, 1.165) is 4.68 Å². The molecule has 0 aromatic carbocycles. The van der Waals surface area contributed by atoms with Crippen LogP contribution >= 0.6 is 0 Å². The number of carbonyl (C=O) groups is 1. The summed E-state index contributed by atoms with van der Waals surface area (Å²) in [6.45, 7) is 6.78. The summed E-state index contributed by atoms with van der Waals surface area (Å²) < 4.78 is 38.5. The highest BCUT2D eigenvalue weighted by Gasteiger charge is 2.31. The first-order valence-corrected chi connectivity index (χ1v) is 7.17. The Morgan fingerprint density at radius 2 is 1.91 bits per heavy atom. The summed E-state index contributed by atoms with van der Waals surface area (Å²) >= 11 is 0. The van der Waals surface area contributed by atoms with Gasteiger partial charge in [0.2, 0.25) is 0 Å². The van der Waals surface area contributed by atoms with Gasteiger partial charge in [-0.15, -0.1) is 0 Å². The molecule has 1 atom stereocenters. The minimum absolute atomic E-state index is 0.0524. The molecule has 0 spiro atoms. The molecule has 2 amide bonds. The Morgan fingerprint density at radius 1 is 1.35 bits per heavy atom. The number of hydrogen-bond acceptors (Lipinski definition) is 3. The number of aliphatic hydroxyl groups is 1. The van der Waals surface area contributed by atoms with E-state index in [9.17, 15) is 23.1 Å². The molecule has 6 nitrogen and oxygen atoms in total. The first kappa shape index (κ1) is 19.3. The molecule has 0 aliphatic rings. The van der Waals surface area contributed by atoms with E-state index in [1.165, 1.54) is 6.92 Å². The van der Waals surface area contributed by atoms with Gasteiger partial charge in [-0.05, 0) is 34.6 Å². The van der Waals surface area contributed by atoms with Crippen LogP contribution < -0.4 is 10.6 Å². The van der Waals surface area contributed by atoms with Crippen molar-refractivity contribution >= 4 is 6.03 Å².